The molecule has 0 radical (unpaired) electrons. The SMILES string of the molecule is COc1cc(F)c(S(=O)(=O)N[C@H](C)c2nnc3n2CCCCC3)cc1OC. The first-order valence-electron chi connectivity index (χ1n) is 8.73. The van der Waals surface area contributed by atoms with E-state index in [1.165, 1.54) is 14.2 Å². The van der Waals surface area contributed by atoms with Crippen LogP contribution in [-0.2, 0) is 23.0 Å². The second-order valence-electron chi connectivity index (χ2n) is 6.42. The molecule has 0 aliphatic carbocycles. The topological polar surface area (TPSA) is 95.3 Å². The van der Waals surface area contributed by atoms with Crippen LogP contribution < -0.4 is 14.2 Å². The number of fused-ring (bicyclic) bond motifs is 1. The average molecular weight is 398 g/mol. The normalized spacial score (nSPS) is 15.7. The molecule has 3 rings (SSSR count). The van der Waals surface area contributed by atoms with Crippen LogP contribution in [0.15, 0.2) is 17.0 Å². The first-order chi connectivity index (χ1) is 12.9. The smallest absolute Gasteiger partial charge is 0.244 e. The Balaban J connectivity index is 1.90. The van der Waals surface area contributed by atoms with Gasteiger partial charge in [0.1, 0.15) is 16.5 Å². The standard InChI is InChI=1S/C17H23FN4O4S/c1-11(17-20-19-16-7-5-4-6-8-22(16)17)21-27(23,24)15-10-14(26-3)13(25-2)9-12(15)18/h9-11,21H,4-8H2,1-3H3/t11-/m1/s1. The molecular weight excluding hydrogens is 375 g/mol. The second-order valence-corrected chi connectivity index (χ2v) is 8.10. The minimum atomic E-state index is -4.15. The van der Waals surface area contributed by atoms with E-state index in [0.29, 0.717) is 5.82 Å². The second kappa shape index (κ2) is 7.81. The molecule has 27 heavy (non-hydrogen) atoms. The molecule has 0 bridgehead atoms. The van der Waals surface area contributed by atoms with E-state index in [4.69, 9.17) is 9.47 Å². The summed E-state index contributed by atoms with van der Waals surface area (Å²) in [5.41, 5.74) is 0. The van der Waals surface area contributed by atoms with E-state index >= 15 is 0 Å². The molecule has 10 heteroatoms. The number of nitrogens with zero attached hydrogens (tertiary/aromatic N) is 3. The van der Waals surface area contributed by atoms with Crippen LogP contribution in [0.3, 0.4) is 0 Å². The predicted octanol–water partition coefficient (Wildman–Crippen LogP) is 2.20. The van der Waals surface area contributed by atoms with E-state index in [1.54, 1.807) is 6.92 Å². The summed E-state index contributed by atoms with van der Waals surface area (Å²) < 4.78 is 54.4. The van der Waals surface area contributed by atoms with Gasteiger partial charge >= 0.3 is 0 Å². The molecule has 0 fully saturated rings. The number of aryl methyl sites for hydroxylation is 1. The fourth-order valence-electron chi connectivity index (χ4n) is 3.22. The van der Waals surface area contributed by atoms with E-state index in [2.05, 4.69) is 14.9 Å². The minimum absolute atomic E-state index is 0.116. The van der Waals surface area contributed by atoms with Crippen molar-refractivity contribution in [3.63, 3.8) is 0 Å². The molecule has 0 unspecified atom stereocenters. The maximum absolute atomic E-state index is 14.4. The molecule has 0 spiro atoms. The van der Waals surface area contributed by atoms with E-state index in [1.807, 2.05) is 4.57 Å². The van der Waals surface area contributed by atoms with Gasteiger partial charge in [-0.2, -0.15) is 0 Å². The molecule has 148 valence electrons. The first kappa shape index (κ1) is 19.6. The number of nitrogens with one attached hydrogen (secondary N) is 1. The lowest BCUT2D eigenvalue weighted by Crippen LogP contribution is -2.29. The van der Waals surface area contributed by atoms with Crippen LogP contribution in [0.4, 0.5) is 4.39 Å². The Bertz CT molecular complexity index is 929. The van der Waals surface area contributed by atoms with Crippen LogP contribution in [0, 0.1) is 5.82 Å². The van der Waals surface area contributed by atoms with Crippen molar-refractivity contribution in [2.45, 2.75) is 50.1 Å². The van der Waals surface area contributed by atoms with Crippen molar-refractivity contribution in [1.29, 1.82) is 0 Å². The first-order valence-corrected chi connectivity index (χ1v) is 10.2. The summed E-state index contributed by atoms with van der Waals surface area (Å²) in [5, 5.41) is 8.32. The molecule has 8 nitrogen and oxygen atoms in total. The van der Waals surface area contributed by atoms with Crippen molar-refractivity contribution in [2.75, 3.05) is 14.2 Å². The maximum atomic E-state index is 14.4. The van der Waals surface area contributed by atoms with Crippen LogP contribution >= 0.6 is 0 Å². The van der Waals surface area contributed by atoms with Gasteiger partial charge in [-0.3, -0.25) is 0 Å². The summed E-state index contributed by atoms with van der Waals surface area (Å²) in [4.78, 5) is -0.511. The summed E-state index contributed by atoms with van der Waals surface area (Å²) in [6, 6.07) is 1.43. The zero-order chi connectivity index (χ0) is 19.6. The van der Waals surface area contributed by atoms with Crippen LogP contribution in [0.25, 0.3) is 0 Å². The number of rotatable bonds is 6. The molecule has 2 aromatic rings. The zero-order valence-electron chi connectivity index (χ0n) is 15.5. The number of aromatic nitrogens is 3. The van der Waals surface area contributed by atoms with Gasteiger partial charge in [-0.1, -0.05) is 6.42 Å². The molecule has 1 N–H and O–H groups in total. The maximum Gasteiger partial charge on any atom is 0.244 e. The molecule has 1 aromatic carbocycles. The molecule has 1 atom stereocenters. The fourth-order valence-corrected chi connectivity index (χ4v) is 4.49. The average Bonchev–Trinajstić information content (AvgIpc) is 2.89. The van der Waals surface area contributed by atoms with Gasteiger partial charge in [-0.05, 0) is 19.8 Å². The van der Waals surface area contributed by atoms with Crippen molar-refractivity contribution in [3.8, 4) is 11.5 Å². The van der Waals surface area contributed by atoms with Gasteiger partial charge in [0.25, 0.3) is 0 Å². The van der Waals surface area contributed by atoms with Gasteiger partial charge in [0.2, 0.25) is 10.0 Å². The summed E-state index contributed by atoms with van der Waals surface area (Å²) in [5.74, 6) is 0.697. The summed E-state index contributed by atoms with van der Waals surface area (Å²) in [7, 11) is -1.45. The Morgan fingerprint density at radius 1 is 1.15 bits per heavy atom. The van der Waals surface area contributed by atoms with Crippen molar-refractivity contribution < 1.29 is 22.3 Å². The van der Waals surface area contributed by atoms with E-state index < -0.39 is 26.8 Å². The Labute approximate surface area is 157 Å². The highest BCUT2D eigenvalue weighted by atomic mass is 32.2. The number of hydrogen-bond acceptors (Lipinski definition) is 6. The van der Waals surface area contributed by atoms with Gasteiger partial charge in [0, 0.05) is 25.1 Å². The van der Waals surface area contributed by atoms with E-state index in [0.717, 1.165) is 50.2 Å². The van der Waals surface area contributed by atoms with Gasteiger partial charge in [0.15, 0.2) is 17.3 Å². The third-order valence-electron chi connectivity index (χ3n) is 4.58. The van der Waals surface area contributed by atoms with Crippen molar-refractivity contribution in [1.82, 2.24) is 19.5 Å². The Morgan fingerprint density at radius 3 is 2.56 bits per heavy atom. The summed E-state index contributed by atoms with van der Waals surface area (Å²) in [6.45, 7) is 2.41. The molecule has 2 heterocycles. The highest BCUT2D eigenvalue weighted by Crippen LogP contribution is 2.32. The van der Waals surface area contributed by atoms with Gasteiger partial charge in [0.05, 0.1) is 20.3 Å². The van der Waals surface area contributed by atoms with Crippen LogP contribution in [0.1, 0.15) is 43.9 Å². The van der Waals surface area contributed by atoms with Crippen molar-refractivity contribution >= 4 is 10.0 Å². The number of sulfonamides is 1. The van der Waals surface area contributed by atoms with Crippen LogP contribution in [-0.4, -0.2) is 37.4 Å². The molecule has 0 saturated carbocycles. The number of methoxy groups -OCH3 is 2. The highest BCUT2D eigenvalue weighted by Gasteiger charge is 2.27. The number of ether oxygens (including phenoxy) is 2. The lowest BCUT2D eigenvalue weighted by molar-refractivity contribution is 0.350. The number of halogens is 1. The lowest BCUT2D eigenvalue weighted by atomic mass is 10.2. The summed E-state index contributed by atoms with van der Waals surface area (Å²) in [6.07, 6.45) is 3.94. The third kappa shape index (κ3) is 3.91. The Kier molecular flexibility index (Phi) is 5.66. The largest absolute Gasteiger partial charge is 0.493 e. The van der Waals surface area contributed by atoms with Gasteiger partial charge in [-0.15, -0.1) is 10.2 Å². The van der Waals surface area contributed by atoms with Crippen LogP contribution in [0.2, 0.25) is 0 Å². The minimum Gasteiger partial charge on any atom is -0.493 e. The zero-order valence-corrected chi connectivity index (χ0v) is 16.3. The predicted molar refractivity (Wildman–Crippen MR) is 95.8 cm³/mol. The molecular formula is C17H23FN4O4S. The Hall–Kier alpha value is -2.20. The third-order valence-corrected chi connectivity index (χ3v) is 6.14. The highest BCUT2D eigenvalue weighted by molar-refractivity contribution is 7.89. The molecule has 0 amide bonds. The molecule has 1 aromatic heterocycles. The monoisotopic (exact) mass is 398 g/mol. The van der Waals surface area contributed by atoms with Crippen molar-refractivity contribution in [2.24, 2.45) is 0 Å². The molecule has 1 aliphatic heterocycles. The number of benzene rings is 1. The number of hydrogen-bond donors (Lipinski definition) is 1. The summed E-state index contributed by atoms with van der Waals surface area (Å²) >= 11 is 0. The van der Waals surface area contributed by atoms with Crippen molar-refractivity contribution in [3.05, 3.63) is 29.6 Å². The fraction of sp³-hybridized carbons (Fsp3) is 0.529. The van der Waals surface area contributed by atoms with E-state index in [-0.39, 0.29) is 11.5 Å². The molecule has 1 aliphatic rings. The quantitative estimate of drug-likeness (QED) is 0.802. The van der Waals surface area contributed by atoms with E-state index in [9.17, 15) is 12.8 Å². The molecule has 0 saturated heterocycles. The lowest BCUT2D eigenvalue weighted by Gasteiger charge is -2.17. The Morgan fingerprint density at radius 2 is 1.85 bits per heavy atom. The van der Waals surface area contributed by atoms with Gasteiger partial charge in [-0.25, -0.2) is 17.5 Å². The van der Waals surface area contributed by atoms with Crippen LogP contribution in [0.5, 0.6) is 11.5 Å². The van der Waals surface area contributed by atoms with Gasteiger partial charge < -0.3 is 14.0 Å².